The molecular formula is C26H24N4O2. The van der Waals surface area contributed by atoms with Gasteiger partial charge in [0.25, 0.3) is 11.5 Å². The molecule has 0 bridgehead atoms. The standard InChI is InChI=1S/C26H24N4O2/c1-16-6-9-21(29-25(31)19-5-3-4-18(12-19)17-7-8-17)14-24(16)28-20-10-11-23-22(13-20)26(32)30(2)15-27-23/h3-6,9-15,17,28H,7-8H2,1-2H3,(H,29,31). The number of aryl methyl sites for hydroxylation is 2. The van der Waals surface area contributed by atoms with Gasteiger partial charge in [-0.2, -0.15) is 0 Å². The van der Waals surface area contributed by atoms with Crippen LogP contribution in [0.15, 0.2) is 71.8 Å². The van der Waals surface area contributed by atoms with E-state index in [0.29, 0.717) is 28.1 Å². The van der Waals surface area contributed by atoms with Crippen molar-refractivity contribution in [2.45, 2.75) is 25.7 Å². The molecule has 1 aliphatic rings. The predicted octanol–water partition coefficient (Wildman–Crippen LogP) is 5.12. The maximum atomic E-state index is 12.8. The molecule has 1 heterocycles. The molecule has 5 rings (SSSR count). The van der Waals surface area contributed by atoms with Crippen molar-refractivity contribution in [3.8, 4) is 0 Å². The molecule has 6 nitrogen and oxygen atoms in total. The zero-order valence-electron chi connectivity index (χ0n) is 18.1. The number of hydrogen-bond donors (Lipinski definition) is 2. The highest BCUT2D eigenvalue weighted by Crippen LogP contribution is 2.40. The Morgan fingerprint density at radius 3 is 2.66 bits per heavy atom. The number of fused-ring (bicyclic) bond motifs is 1. The van der Waals surface area contributed by atoms with Gasteiger partial charge in [-0.1, -0.05) is 18.2 Å². The lowest BCUT2D eigenvalue weighted by atomic mass is 10.1. The van der Waals surface area contributed by atoms with Crippen LogP contribution in [-0.4, -0.2) is 15.5 Å². The van der Waals surface area contributed by atoms with Gasteiger partial charge < -0.3 is 15.2 Å². The third-order valence-corrected chi connectivity index (χ3v) is 5.89. The molecule has 0 aliphatic heterocycles. The molecule has 32 heavy (non-hydrogen) atoms. The number of anilines is 3. The van der Waals surface area contributed by atoms with E-state index in [4.69, 9.17) is 0 Å². The fourth-order valence-corrected chi connectivity index (χ4v) is 3.83. The molecule has 1 aromatic heterocycles. The molecule has 0 saturated heterocycles. The summed E-state index contributed by atoms with van der Waals surface area (Å²) in [4.78, 5) is 29.5. The van der Waals surface area contributed by atoms with E-state index in [1.807, 2.05) is 55.5 Å². The minimum atomic E-state index is -0.123. The minimum absolute atomic E-state index is 0.0928. The van der Waals surface area contributed by atoms with Crippen molar-refractivity contribution in [3.05, 3.63) is 94.0 Å². The van der Waals surface area contributed by atoms with Crippen LogP contribution in [0.5, 0.6) is 0 Å². The van der Waals surface area contributed by atoms with Gasteiger partial charge in [0.2, 0.25) is 0 Å². The van der Waals surface area contributed by atoms with Gasteiger partial charge in [-0.25, -0.2) is 4.98 Å². The zero-order valence-corrected chi connectivity index (χ0v) is 18.1. The summed E-state index contributed by atoms with van der Waals surface area (Å²) in [6.07, 6.45) is 3.93. The molecule has 4 aromatic rings. The lowest BCUT2D eigenvalue weighted by molar-refractivity contribution is 0.102. The molecule has 0 unspecified atom stereocenters. The number of nitrogens with one attached hydrogen (secondary N) is 2. The average Bonchev–Trinajstić information content (AvgIpc) is 3.64. The second kappa shape index (κ2) is 7.96. The molecule has 1 amide bonds. The van der Waals surface area contributed by atoms with Gasteiger partial charge in [0.05, 0.1) is 17.2 Å². The lowest BCUT2D eigenvalue weighted by Gasteiger charge is -2.13. The van der Waals surface area contributed by atoms with E-state index < -0.39 is 0 Å². The summed E-state index contributed by atoms with van der Waals surface area (Å²) >= 11 is 0. The third-order valence-electron chi connectivity index (χ3n) is 5.89. The van der Waals surface area contributed by atoms with Gasteiger partial charge in [-0.05, 0) is 79.3 Å². The minimum Gasteiger partial charge on any atom is -0.355 e. The lowest BCUT2D eigenvalue weighted by Crippen LogP contribution is -2.16. The maximum Gasteiger partial charge on any atom is 0.260 e. The largest absolute Gasteiger partial charge is 0.355 e. The maximum absolute atomic E-state index is 12.8. The first-order valence-electron chi connectivity index (χ1n) is 10.7. The van der Waals surface area contributed by atoms with Gasteiger partial charge in [0.15, 0.2) is 0 Å². The van der Waals surface area contributed by atoms with Crippen molar-refractivity contribution < 1.29 is 4.79 Å². The third kappa shape index (κ3) is 3.99. The number of carbonyl (C=O) groups is 1. The first kappa shape index (κ1) is 20.0. The van der Waals surface area contributed by atoms with E-state index >= 15 is 0 Å². The van der Waals surface area contributed by atoms with Crippen LogP contribution in [0, 0.1) is 6.92 Å². The highest BCUT2D eigenvalue weighted by molar-refractivity contribution is 6.04. The normalized spacial score (nSPS) is 13.2. The summed E-state index contributed by atoms with van der Waals surface area (Å²) in [5.74, 6) is 0.481. The summed E-state index contributed by atoms with van der Waals surface area (Å²) in [6.45, 7) is 1.99. The Kier molecular flexibility index (Phi) is 4.98. The fourth-order valence-electron chi connectivity index (χ4n) is 3.83. The Hall–Kier alpha value is -3.93. The van der Waals surface area contributed by atoms with Gasteiger partial charge in [-0.3, -0.25) is 9.59 Å². The van der Waals surface area contributed by atoms with Gasteiger partial charge in [0, 0.05) is 29.7 Å². The van der Waals surface area contributed by atoms with E-state index in [9.17, 15) is 9.59 Å². The molecule has 1 aliphatic carbocycles. The Morgan fingerprint density at radius 2 is 1.84 bits per heavy atom. The molecule has 0 atom stereocenters. The number of nitrogens with zero attached hydrogens (tertiary/aromatic N) is 2. The van der Waals surface area contributed by atoms with Crippen molar-refractivity contribution in [2.75, 3.05) is 10.6 Å². The van der Waals surface area contributed by atoms with E-state index in [-0.39, 0.29) is 11.5 Å². The number of aromatic nitrogens is 2. The Morgan fingerprint density at radius 1 is 1.03 bits per heavy atom. The summed E-state index contributed by atoms with van der Waals surface area (Å²) in [6, 6.07) is 19.2. The molecule has 1 saturated carbocycles. The second-order valence-electron chi connectivity index (χ2n) is 8.40. The van der Waals surface area contributed by atoms with Gasteiger partial charge >= 0.3 is 0 Å². The van der Waals surface area contributed by atoms with Crippen molar-refractivity contribution in [2.24, 2.45) is 7.05 Å². The SMILES string of the molecule is Cc1ccc(NC(=O)c2cccc(C3CC3)c2)cc1Nc1ccc2ncn(C)c(=O)c2c1. The van der Waals surface area contributed by atoms with Crippen molar-refractivity contribution >= 4 is 33.9 Å². The van der Waals surface area contributed by atoms with E-state index in [0.717, 1.165) is 16.9 Å². The summed E-state index contributed by atoms with van der Waals surface area (Å²) < 4.78 is 1.46. The zero-order chi connectivity index (χ0) is 22.2. The first-order valence-corrected chi connectivity index (χ1v) is 10.7. The first-order chi connectivity index (χ1) is 15.5. The number of benzene rings is 3. The van der Waals surface area contributed by atoms with Crippen molar-refractivity contribution in [3.63, 3.8) is 0 Å². The molecular weight excluding hydrogens is 400 g/mol. The summed E-state index contributed by atoms with van der Waals surface area (Å²) in [5, 5.41) is 6.93. The van der Waals surface area contributed by atoms with Crippen LogP contribution in [0.3, 0.4) is 0 Å². The highest BCUT2D eigenvalue weighted by Gasteiger charge is 2.24. The Bertz CT molecular complexity index is 1400. The van der Waals surface area contributed by atoms with E-state index in [1.54, 1.807) is 13.1 Å². The van der Waals surface area contributed by atoms with Crippen LogP contribution in [0.2, 0.25) is 0 Å². The van der Waals surface area contributed by atoms with E-state index in [2.05, 4.69) is 21.7 Å². The van der Waals surface area contributed by atoms with Crippen molar-refractivity contribution in [1.82, 2.24) is 9.55 Å². The molecule has 1 fully saturated rings. The van der Waals surface area contributed by atoms with E-state index in [1.165, 1.54) is 29.3 Å². The average molecular weight is 425 g/mol. The monoisotopic (exact) mass is 424 g/mol. The number of hydrogen-bond acceptors (Lipinski definition) is 4. The molecule has 0 spiro atoms. The smallest absolute Gasteiger partial charge is 0.260 e. The molecule has 160 valence electrons. The number of amides is 1. The quantitative estimate of drug-likeness (QED) is 0.466. The van der Waals surface area contributed by atoms with Crippen LogP contribution in [0.1, 0.15) is 40.2 Å². The van der Waals surface area contributed by atoms with Crippen LogP contribution >= 0.6 is 0 Å². The molecule has 3 aromatic carbocycles. The predicted molar refractivity (Wildman–Crippen MR) is 128 cm³/mol. The van der Waals surface area contributed by atoms with Crippen molar-refractivity contribution in [1.29, 1.82) is 0 Å². The van der Waals surface area contributed by atoms with Gasteiger partial charge in [0.1, 0.15) is 0 Å². The molecule has 6 heteroatoms. The van der Waals surface area contributed by atoms with Crippen LogP contribution in [-0.2, 0) is 7.05 Å². The fraction of sp³-hybridized carbons (Fsp3) is 0.192. The topological polar surface area (TPSA) is 76.0 Å². The summed E-state index contributed by atoms with van der Waals surface area (Å²) in [7, 11) is 1.69. The molecule has 0 radical (unpaired) electrons. The number of carbonyl (C=O) groups excluding carboxylic acids is 1. The Balaban J connectivity index is 1.39. The second-order valence-corrected chi connectivity index (χ2v) is 8.40. The summed E-state index contributed by atoms with van der Waals surface area (Å²) in [5.41, 5.74) is 5.84. The number of rotatable bonds is 5. The van der Waals surface area contributed by atoms with Crippen LogP contribution < -0.4 is 16.2 Å². The van der Waals surface area contributed by atoms with Crippen LogP contribution in [0.25, 0.3) is 10.9 Å². The van der Waals surface area contributed by atoms with Crippen LogP contribution in [0.4, 0.5) is 17.1 Å². The molecule has 2 N–H and O–H groups in total. The Labute approximate surface area is 185 Å². The highest BCUT2D eigenvalue weighted by atomic mass is 16.1. The van der Waals surface area contributed by atoms with Gasteiger partial charge in [-0.15, -0.1) is 0 Å².